The molecule has 0 spiro atoms. The van der Waals surface area contributed by atoms with E-state index in [0.717, 1.165) is 0 Å². The molecule has 0 aliphatic heterocycles. The summed E-state index contributed by atoms with van der Waals surface area (Å²) in [7, 11) is 1.82. The van der Waals surface area contributed by atoms with Crippen LogP contribution in [0.4, 0.5) is 5.13 Å². The Bertz CT molecular complexity index is 933. The molecule has 7 nitrogen and oxygen atoms in total. The van der Waals surface area contributed by atoms with E-state index in [1.807, 2.05) is 7.05 Å². The van der Waals surface area contributed by atoms with Crippen LogP contribution in [0.5, 0.6) is 5.75 Å². The van der Waals surface area contributed by atoms with E-state index in [0.29, 0.717) is 31.9 Å². The number of ether oxygens (including phenoxy) is 1. The van der Waals surface area contributed by atoms with Gasteiger partial charge in [0.05, 0.1) is 10.3 Å². The number of carbonyl (C=O) groups is 1. The van der Waals surface area contributed by atoms with Crippen molar-refractivity contribution in [1.82, 2.24) is 19.7 Å². The van der Waals surface area contributed by atoms with Crippen LogP contribution in [0.1, 0.15) is 12.7 Å². The smallest absolute Gasteiger partial charge is 0.239 e. The largest absolute Gasteiger partial charge is 0.484 e. The number of amides is 1. The van der Waals surface area contributed by atoms with Gasteiger partial charge in [0, 0.05) is 23.6 Å². The molecule has 3 aromatic rings. The minimum atomic E-state index is -0.365. The predicted molar refractivity (Wildman–Crippen MR) is 108 cm³/mol. The minimum absolute atomic E-state index is 0.149. The molecule has 0 bridgehead atoms. The Balaban J connectivity index is 1.60. The number of thioether (sulfide) groups is 1. The van der Waals surface area contributed by atoms with Crippen molar-refractivity contribution < 1.29 is 9.53 Å². The van der Waals surface area contributed by atoms with Crippen molar-refractivity contribution in [2.75, 3.05) is 5.32 Å². The molecular weight excluding hydrogens is 429 g/mol. The number of nitrogens with one attached hydrogen (secondary N) is 1. The Morgan fingerprint density at radius 2 is 2.22 bits per heavy atom. The highest BCUT2D eigenvalue weighted by Crippen LogP contribution is 2.28. The topological polar surface area (TPSA) is 81.9 Å². The van der Waals surface area contributed by atoms with E-state index in [1.165, 1.54) is 23.1 Å². The first kappa shape index (κ1) is 19.9. The number of thiazole rings is 1. The number of hydrogen-bond donors (Lipinski definition) is 1. The lowest BCUT2D eigenvalue weighted by Gasteiger charge is -2.11. The van der Waals surface area contributed by atoms with Gasteiger partial charge in [-0.25, -0.2) is 4.98 Å². The first-order valence-corrected chi connectivity index (χ1v) is 10.3. The van der Waals surface area contributed by atoms with Crippen molar-refractivity contribution in [3.05, 3.63) is 45.6 Å². The number of rotatable bonds is 7. The molecule has 0 aliphatic rings. The van der Waals surface area contributed by atoms with Gasteiger partial charge in [-0.15, -0.1) is 21.5 Å². The molecule has 0 fully saturated rings. The van der Waals surface area contributed by atoms with E-state index in [1.54, 1.807) is 41.3 Å². The first-order valence-electron chi connectivity index (χ1n) is 7.77. The fourth-order valence-electron chi connectivity index (χ4n) is 2.01. The highest BCUT2D eigenvalue weighted by atomic mass is 35.5. The summed E-state index contributed by atoms with van der Waals surface area (Å²) in [4.78, 5) is 16.3. The van der Waals surface area contributed by atoms with Gasteiger partial charge in [-0.3, -0.25) is 4.79 Å². The maximum Gasteiger partial charge on any atom is 0.239 e. The molecule has 1 atom stereocenters. The summed E-state index contributed by atoms with van der Waals surface area (Å²) in [5.74, 6) is 0.967. The van der Waals surface area contributed by atoms with Crippen LogP contribution in [-0.2, 0) is 18.4 Å². The molecule has 0 saturated carbocycles. The third kappa shape index (κ3) is 5.13. The maximum atomic E-state index is 12.2. The van der Waals surface area contributed by atoms with E-state index in [-0.39, 0.29) is 17.8 Å². The minimum Gasteiger partial charge on any atom is -0.484 e. The Morgan fingerprint density at radius 1 is 1.41 bits per heavy atom. The summed E-state index contributed by atoms with van der Waals surface area (Å²) in [6.45, 7) is 1.98. The highest BCUT2D eigenvalue weighted by molar-refractivity contribution is 8.00. The average Bonchev–Trinajstić information content (AvgIpc) is 3.25. The van der Waals surface area contributed by atoms with Gasteiger partial charge in [0.25, 0.3) is 0 Å². The fourth-order valence-corrected chi connectivity index (χ4v) is 3.84. The van der Waals surface area contributed by atoms with E-state index in [9.17, 15) is 4.79 Å². The summed E-state index contributed by atoms with van der Waals surface area (Å²) in [6.07, 6.45) is 1.64. The molecule has 0 radical (unpaired) electrons. The van der Waals surface area contributed by atoms with Crippen LogP contribution < -0.4 is 10.1 Å². The summed E-state index contributed by atoms with van der Waals surface area (Å²) in [5.41, 5.74) is 0. The van der Waals surface area contributed by atoms with Gasteiger partial charge in [0.1, 0.15) is 12.4 Å². The lowest BCUT2D eigenvalue weighted by molar-refractivity contribution is -0.115. The van der Waals surface area contributed by atoms with E-state index in [4.69, 9.17) is 27.9 Å². The molecule has 0 aliphatic carbocycles. The highest BCUT2D eigenvalue weighted by Gasteiger charge is 2.20. The van der Waals surface area contributed by atoms with Crippen molar-refractivity contribution in [1.29, 1.82) is 0 Å². The number of halogens is 2. The Hall–Kier alpha value is -1.81. The number of nitrogens with zero attached hydrogens (tertiary/aromatic N) is 4. The van der Waals surface area contributed by atoms with Gasteiger partial charge >= 0.3 is 0 Å². The molecular formula is C16H15Cl2N5O2S2. The van der Waals surface area contributed by atoms with Crippen LogP contribution in [0.3, 0.4) is 0 Å². The molecule has 27 heavy (non-hydrogen) atoms. The molecule has 142 valence electrons. The summed E-state index contributed by atoms with van der Waals surface area (Å²) in [5, 5.41) is 14.6. The number of anilines is 1. The van der Waals surface area contributed by atoms with Crippen LogP contribution in [-0.4, -0.2) is 30.9 Å². The normalized spacial score (nSPS) is 12.0. The van der Waals surface area contributed by atoms with Crippen LogP contribution in [0, 0.1) is 0 Å². The van der Waals surface area contributed by atoms with Gasteiger partial charge in [-0.2, -0.15) is 0 Å². The third-order valence-corrected chi connectivity index (χ3v) is 5.84. The molecule has 1 N–H and O–H groups in total. The number of benzene rings is 1. The molecule has 1 amide bonds. The summed E-state index contributed by atoms with van der Waals surface area (Å²) in [6, 6.07) is 5.00. The SMILES string of the molecule is C[C@H](Sc1nnc(COc2ccc(Cl)cc2Cl)n1C)C(=O)Nc1nccs1. The summed E-state index contributed by atoms with van der Waals surface area (Å²) < 4.78 is 7.46. The van der Waals surface area contributed by atoms with Crippen LogP contribution in [0.25, 0.3) is 0 Å². The standard InChI is InChI=1S/C16H15Cl2N5O2S2/c1-9(14(24)20-15-19-5-6-26-15)27-16-22-21-13(23(16)2)8-25-12-4-3-10(17)7-11(12)18/h3-7,9H,8H2,1-2H3,(H,19,20,24)/t9-/m0/s1. The van der Waals surface area contributed by atoms with E-state index >= 15 is 0 Å². The maximum absolute atomic E-state index is 12.2. The van der Waals surface area contributed by atoms with E-state index in [2.05, 4.69) is 20.5 Å². The van der Waals surface area contributed by atoms with Gasteiger partial charge < -0.3 is 14.6 Å². The third-order valence-electron chi connectivity index (χ3n) is 3.49. The summed E-state index contributed by atoms with van der Waals surface area (Å²) >= 11 is 14.6. The van der Waals surface area contributed by atoms with Crippen molar-refractivity contribution in [3.8, 4) is 5.75 Å². The van der Waals surface area contributed by atoms with Gasteiger partial charge in [-0.1, -0.05) is 35.0 Å². The molecule has 0 unspecified atom stereocenters. The Labute approximate surface area is 174 Å². The zero-order chi connectivity index (χ0) is 19.4. The average molecular weight is 444 g/mol. The molecule has 2 heterocycles. The quantitative estimate of drug-likeness (QED) is 0.548. The monoisotopic (exact) mass is 443 g/mol. The van der Waals surface area contributed by atoms with Gasteiger partial charge in [0.2, 0.25) is 5.91 Å². The lowest BCUT2D eigenvalue weighted by atomic mass is 10.3. The van der Waals surface area contributed by atoms with Crippen molar-refractivity contribution in [2.45, 2.75) is 23.9 Å². The Morgan fingerprint density at radius 3 is 2.93 bits per heavy atom. The fraction of sp³-hybridized carbons (Fsp3) is 0.250. The molecule has 3 rings (SSSR count). The van der Waals surface area contributed by atoms with Crippen molar-refractivity contribution in [2.24, 2.45) is 7.05 Å². The lowest BCUT2D eigenvalue weighted by Crippen LogP contribution is -2.22. The van der Waals surface area contributed by atoms with Crippen LogP contribution in [0.15, 0.2) is 34.9 Å². The second-order valence-corrected chi connectivity index (χ2v) is 8.45. The number of aromatic nitrogens is 4. The second kappa shape index (κ2) is 8.92. The predicted octanol–water partition coefficient (Wildman–Crippen LogP) is 4.28. The molecule has 11 heteroatoms. The molecule has 0 saturated heterocycles. The van der Waals surface area contributed by atoms with E-state index < -0.39 is 0 Å². The van der Waals surface area contributed by atoms with Crippen molar-refractivity contribution >= 4 is 57.3 Å². The number of carbonyl (C=O) groups excluding carboxylic acids is 1. The van der Waals surface area contributed by atoms with Crippen molar-refractivity contribution in [3.63, 3.8) is 0 Å². The zero-order valence-corrected chi connectivity index (χ0v) is 17.5. The Kier molecular flexibility index (Phi) is 6.59. The second-order valence-electron chi connectivity index (χ2n) is 5.41. The zero-order valence-electron chi connectivity index (χ0n) is 14.3. The molecule has 1 aromatic carbocycles. The number of hydrogen-bond acceptors (Lipinski definition) is 7. The van der Waals surface area contributed by atoms with Crippen LogP contribution >= 0.6 is 46.3 Å². The van der Waals surface area contributed by atoms with Gasteiger partial charge in [0.15, 0.2) is 16.1 Å². The van der Waals surface area contributed by atoms with Crippen LogP contribution in [0.2, 0.25) is 10.0 Å². The van der Waals surface area contributed by atoms with Gasteiger partial charge in [-0.05, 0) is 25.1 Å². The molecule has 2 aromatic heterocycles. The first-order chi connectivity index (χ1) is 12.9.